The zero-order valence-corrected chi connectivity index (χ0v) is 19.4. The highest BCUT2D eigenvalue weighted by atomic mass is 79.9. The molecule has 29 heavy (non-hydrogen) atoms. The minimum absolute atomic E-state index is 0.0648. The fourth-order valence-corrected chi connectivity index (χ4v) is 3.87. The number of halogens is 3. The Morgan fingerprint density at radius 1 is 1.03 bits per heavy atom. The Labute approximate surface area is 191 Å². The lowest BCUT2D eigenvalue weighted by atomic mass is 10.1. The van der Waals surface area contributed by atoms with E-state index < -0.39 is 0 Å². The molecule has 0 atom stereocenters. The first-order chi connectivity index (χ1) is 14.0. The van der Waals surface area contributed by atoms with E-state index in [4.69, 9.17) is 21.1 Å². The summed E-state index contributed by atoms with van der Waals surface area (Å²) in [6.45, 7) is 0.310. The molecule has 3 aromatic carbocycles. The number of allylic oxidation sites excluding steroid dienone is 1. The summed E-state index contributed by atoms with van der Waals surface area (Å²) >= 11 is 12.8. The second-order valence-corrected chi connectivity index (χ2v) is 8.35. The van der Waals surface area contributed by atoms with Crippen LogP contribution in [0.2, 0.25) is 5.02 Å². The molecule has 0 saturated heterocycles. The van der Waals surface area contributed by atoms with Gasteiger partial charge < -0.3 is 9.47 Å². The first kappa shape index (κ1) is 21.6. The van der Waals surface area contributed by atoms with Gasteiger partial charge in [-0.2, -0.15) is 0 Å². The van der Waals surface area contributed by atoms with Gasteiger partial charge in [-0.25, -0.2) is 0 Å². The summed E-state index contributed by atoms with van der Waals surface area (Å²) in [7, 11) is 1.61. The SMILES string of the molecule is COc1ccc(/C=C/C(=O)c2cccc(Br)c2)cc1COc1ccc(Cl)cc1Br. The maximum Gasteiger partial charge on any atom is 0.185 e. The van der Waals surface area contributed by atoms with Crippen LogP contribution in [0.4, 0.5) is 0 Å². The van der Waals surface area contributed by atoms with Gasteiger partial charge in [0, 0.05) is 20.6 Å². The van der Waals surface area contributed by atoms with Crippen molar-refractivity contribution in [2.75, 3.05) is 7.11 Å². The number of ether oxygens (including phenoxy) is 2. The fourth-order valence-electron chi connectivity index (χ4n) is 2.67. The van der Waals surface area contributed by atoms with Crippen molar-refractivity contribution in [2.24, 2.45) is 0 Å². The van der Waals surface area contributed by atoms with Gasteiger partial charge in [-0.15, -0.1) is 0 Å². The van der Waals surface area contributed by atoms with Crippen LogP contribution in [0.5, 0.6) is 11.5 Å². The van der Waals surface area contributed by atoms with E-state index in [-0.39, 0.29) is 5.78 Å². The van der Waals surface area contributed by atoms with E-state index in [0.29, 0.717) is 28.7 Å². The van der Waals surface area contributed by atoms with Crippen LogP contribution in [0.1, 0.15) is 21.5 Å². The zero-order valence-electron chi connectivity index (χ0n) is 15.5. The van der Waals surface area contributed by atoms with Gasteiger partial charge in [0.05, 0.1) is 11.6 Å². The van der Waals surface area contributed by atoms with E-state index in [9.17, 15) is 4.79 Å². The molecule has 3 nitrogen and oxygen atoms in total. The van der Waals surface area contributed by atoms with Crippen LogP contribution in [0, 0.1) is 0 Å². The quantitative estimate of drug-likeness (QED) is 0.234. The van der Waals surface area contributed by atoms with Gasteiger partial charge >= 0.3 is 0 Å². The van der Waals surface area contributed by atoms with Crippen molar-refractivity contribution >= 4 is 55.3 Å². The Hall–Kier alpha value is -2.08. The van der Waals surface area contributed by atoms with Gasteiger partial charge in [-0.1, -0.05) is 51.8 Å². The van der Waals surface area contributed by atoms with Crippen molar-refractivity contribution in [3.8, 4) is 11.5 Å². The van der Waals surface area contributed by atoms with E-state index >= 15 is 0 Å². The third-order valence-corrected chi connectivity index (χ3v) is 5.47. The van der Waals surface area contributed by atoms with Crippen LogP contribution >= 0.6 is 43.5 Å². The zero-order chi connectivity index (χ0) is 20.8. The predicted octanol–water partition coefficient (Wildman–Crippen LogP) is 7.35. The van der Waals surface area contributed by atoms with Crippen molar-refractivity contribution in [1.29, 1.82) is 0 Å². The molecule has 0 aromatic heterocycles. The standard InChI is InChI=1S/C23H17Br2ClO3/c1-28-22-9-6-15(5-8-21(27)16-3-2-4-18(24)12-16)11-17(22)14-29-23-10-7-19(26)13-20(23)25/h2-13H,14H2,1H3/b8-5+. The maximum absolute atomic E-state index is 12.4. The summed E-state index contributed by atoms with van der Waals surface area (Å²) in [4.78, 5) is 12.4. The lowest BCUT2D eigenvalue weighted by molar-refractivity contribution is 0.104. The van der Waals surface area contributed by atoms with Gasteiger partial charge in [0.15, 0.2) is 5.78 Å². The molecule has 0 heterocycles. The van der Waals surface area contributed by atoms with E-state index in [2.05, 4.69) is 31.9 Å². The second-order valence-electron chi connectivity index (χ2n) is 6.14. The lowest BCUT2D eigenvalue weighted by Gasteiger charge is -2.12. The Morgan fingerprint density at radius 3 is 2.55 bits per heavy atom. The molecule has 0 aliphatic carbocycles. The number of hydrogen-bond donors (Lipinski definition) is 0. The van der Waals surface area contributed by atoms with Gasteiger partial charge in [0.2, 0.25) is 0 Å². The molecule has 0 saturated carbocycles. The van der Waals surface area contributed by atoms with E-state index in [1.165, 1.54) is 0 Å². The molecule has 0 aliphatic rings. The first-order valence-corrected chi connectivity index (χ1v) is 10.7. The normalized spacial score (nSPS) is 10.9. The predicted molar refractivity (Wildman–Crippen MR) is 124 cm³/mol. The topological polar surface area (TPSA) is 35.5 Å². The highest BCUT2D eigenvalue weighted by Crippen LogP contribution is 2.30. The molecule has 0 fully saturated rings. The fraction of sp³-hybridized carbons (Fsp3) is 0.0870. The summed E-state index contributed by atoms with van der Waals surface area (Å²) in [6, 6.07) is 18.3. The second kappa shape index (κ2) is 10.1. The summed E-state index contributed by atoms with van der Waals surface area (Å²) in [5.74, 6) is 1.33. The van der Waals surface area contributed by atoms with Crippen molar-refractivity contribution in [1.82, 2.24) is 0 Å². The van der Waals surface area contributed by atoms with Gasteiger partial charge in [0.25, 0.3) is 0 Å². The largest absolute Gasteiger partial charge is 0.496 e. The molecule has 0 unspecified atom stereocenters. The lowest BCUT2D eigenvalue weighted by Crippen LogP contribution is -2.00. The molecule has 0 radical (unpaired) electrons. The summed E-state index contributed by atoms with van der Waals surface area (Å²) in [5, 5.41) is 0.629. The first-order valence-electron chi connectivity index (χ1n) is 8.69. The molecule has 3 aromatic rings. The van der Waals surface area contributed by atoms with Gasteiger partial charge in [0.1, 0.15) is 18.1 Å². The highest BCUT2D eigenvalue weighted by Gasteiger charge is 2.08. The molecule has 0 aliphatic heterocycles. The minimum Gasteiger partial charge on any atom is -0.496 e. The van der Waals surface area contributed by atoms with Crippen molar-refractivity contribution in [3.05, 3.63) is 97.4 Å². The Bertz CT molecular complexity index is 1060. The average Bonchev–Trinajstić information content (AvgIpc) is 2.71. The Balaban J connectivity index is 1.76. The molecular formula is C23H17Br2ClO3. The van der Waals surface area contributed by atoms with Crippen LogP contribution in [-0.2, 0) is 6.61 Å². The molecular weight excluding hydrogens is 520 g/mol. The van der Waals surface area contributed by atoms with Gasteiger partial charge in [-0.05, 0) is 70.0 Å². The van der Waals surface area contributed by atoms with Crippen molar-refractivity contribution in [3.63, 3.8) is 0 Å². The van der Waals surface area contributed by atoms with Gasteiger partial charge in [-0.3, -0.25) is 4.79 Å². The van der Waals surface area contributed by atoms with Crippen LogP contribution in [0.25, 0.3) is 6.08 Å². The monoisotopic (exact) mass is 534 g/mol. The number of rotatable bonds is 7. The van der Waals surface area contributed by atoms with E-state index in [1.807, 2.05) is 30.3 Å². The number of carbonyl (C=O) groups excluding carboxylic acids is 1. The van der Waals surface area contributed by atoms with E-state index in [0.717, 1.165) is 20.1 Å². The Kier molecular flexibility index (Phi) is 7.53. The molecule has 3 rings (SSSR count). The minimum atomic E-state index is -0.0648. The smallest absolute Gasteiger partial charge is 0.185 e. The molecule has 0 spiro atoms. The Morgan fingerprint density at radius 2 is 1.83 bits per heavy atom. The molecule has 0 N–H and O–H groups in total. The molecule has 6 heteroatoms. The maximum atomic E-state index is 12.4. The van der Waals surface area contributed by atoms with Crippen LogP contribution in [0.15, 0.2) is 75.7 Å². The highest BCUT2D eigenvalue weighted by molar-refractivity contribution is 9.10. The van der Waals surface area contributed by atoms with Crippen LogP contribution < -0.4 is 9.47 Å². The van der Waals surface area contributed by atoms with Crippen LogP contribution in [0.3, 0.4) is 0 Å². The number of methoxy groups -OCH3 is 1. The van der Waals surface area contributed by atoms with Crippen molar-refractivity contribution < 1.29 is 14.3 Å². The summed E-state index contributed by atoms with van der Waals surface area (Å²) in [6.07, 6.45) is 3.34. The molecule has 0 amide bonds. The molecule has 0 bridgehead atoms. The third-order valence-electron chi connectivity index (χ3n) is 4.12. The number of benzene rings is 3. The van der Waals surface area contributed by atoms with Crippen molar-refractivity contribution in [2.45, 2.75) is 6.61 Å². The summed E-state index contributed by atoms with van der Waals surface area (Å²) < 4.78 is 13.0. The average molecular weight is 537 g/mol. The third kappa shape index (κ3) is 5.95. The number of carbonyl (C=O) groups is 1. The van der Waals surface area contributed by atoms with Crippen LogP contribution in [-0.4, -0.2) is 12.9 Å². The number of hydrogen-bond acceptors (Lipinski definition) is 3. The van der Waals surface area contributed by atoms with E-state index in [1.54, 1.807) is 49.6 Å². The number of ketones is 1. The summed E-state index contributed by atoms with van der Waals surface area (Å²) in [5.41, 5.74) is 2.37. The molecule has 148 valence electrons.